The maximum Gasteiger partial charge on any atom is 0.0634 e. The van der Waals surface area contributed by atoms with Gasteiger partial charge in [0.25, 0.3) is 0 Å². The number of nitrogens with zero attached hydrogens (tertiary/aromatic N) is 1. The average Bonchev–Trinajstić information content (AvgIpc) is 2.22. The van der Waals surface area contributed by atoms with Gasteiger partial charge in [-0.25, -0.2) is 0 Å². The summed E-state index contributed by atoms with van der Waals surface area (Å²) in [6.45, 7) is 0. The highest BCUT2D eigenvalue weighted by molar-refractivity contribution is 5.05. The van der Waals surface area contributed by atoms with Gasteiger partial charge in [-0.3, -0.25) is 0 Å². The van der Waals surface area contributed by atoms with E-state index >= 15 is 0 Å². The van der Waals surface area contributed by atoms with Crippen molar-refractivity contribution in [2.75, 3.05) is 0 Å². The minimum absolute atomic E-state index is 0.342. The fraction of sp³-hybridized carbons (Fsp3) is 0.786. The summed E-state index contributed by atoms with van der Waals surface area (Å²) in [5.74, 6) is 6.85. The molecule has 0 aliphatic heterocycles. The molecule has 0 aromatic carbocycles. The maximum atomic E-state index is 8.69. The first kappa shape index (κ1) is 12.1. The Morgan fingerprint density at radius 3 is 2.40 bits per heavy atom. The summed E-state index contributed by atoms with van der Waals surface area (Å²) in [6, 6.07) is 2.25. The SMILES string of the molecule is N#CCC1C#CCCCCCCCCC1. The molecular weight excluding hydrogens is 182 g/mol. The zero-order valence-corrected chi connectivity index (χ0v) is 9.60. The Morgan fingerprint density at radius 2 is 1.67 bits per heavy atom. The van der Waals surface area contributed by atoms with E-state index in [2.05, 4.69) is 17.9 Å². The van der Waals surface area contributed by atoms with E-state index in [4.69, 9.17) is 5.26 Å². The fourth-order valence-corrected chi connectivity index (χ4v) is 2.04. The third-order valence-corrected chi connectivity index (χ3v) is 3.00. The minimum Gasteiger partial charge on any atom is -0.198 e. The monoisotopic (exact) mass is 203 g/mol. The largest absolute Gasteiger partial charge is 0.198 e. The topological polar surface area (TPSA) is 23.8 Å². The molecule has 0 fully saturated rings. The van der Waals surface area contributed by atoms with Crippen molar-refractivity contribution in [2.24, 2.45) is 5.92 Å². The van der Waals surface area contributed by atoms with E-state index in [1.165, 1.54) is 44.9 Å². The van der Waals surface area contributed by atoms with E-state index in [0.717, 1.165) is 12.8 Å². The number of hydrogen-bond donors (Lipinski definition) is 0. The molecule has 0 heterocycles. The molecule has 1 atom stereocenters. The van der Waals surface area contributed by atoms with Crippen molar-refractivity contribution in [1.29, 1.82) is 5.26 Å². The molecule has 0 bridgehead atoms. The van der Waals surface area contributed by atoms with Crippen LogP contribution in [0.5, 0.6) is 0 Å². The predicted molar refractivity (Wildman–Crippen MR) is 63.0 cm³/mol. The molecule has 0 aromatic heterocycles. The smallest absolute Gasteiger partial charge is 0.0634 e. The summed E-state index contributed by atoms with van der Waals surface area (Å²) in [4.78, 5) is 0. The molecule has 1 nitrogen and oxygen atoms in total. The summed E-state index contributed by atoms with van der Waals surface area (Å²) in [5, 5.41) is 8.69. The van der Waals surface area contributed by atoms with Crippen LogP contribution < -0.4 is 0 Å². The van der Waals surface area contributed by atoms with Gasteiger partial charge in [-0.15, -0.1) is 5.92 Å². The van der Waals surface area contributed by atoms with Gasteiger partial charge in [0.1, 0.15) is 0 Å². The lowest BCUT2D eigenvalue weighted by Crippen LogP contribution is -1.96. The summed E-state index contributed by atoms with van der Waals surface area (Å²) in [6.07, 6.45) is 12.1. The van der Waals surface area contributed by atoms with Gasteiger partial charge in [-0.05, 0) is 12.8 Å². The highest BCUT2D eigenvalue weighted by Gasteiger charge is 2.04. The molecule has 1 unspecified atom stereocenters. The van der Waals surface area contributed by atoms with Gasteiger partial charge in [0.15, 0.2) is 0 Å². The summed E-state index contributed by atoms with van der Waals surface area (Å²) >= 11 is 0. The Hall–Kier alpha value is -0.950. The third kappa shape index (κ3) is 6.19. The number of rotatable bonds is 1. The number of hydrogen-bond acceptors (Lipinski definition) is 1. The lowest BCUT2D eigenvalue weighted by Gasteiger charge is -2.07. The van der Waals surface area contributed by atoms with Crippen molar-refractivity contribution in [3.05, 3.63) is 0 Å². The van der Waals surface area contributed by atoms with E-state index in [1.54, 1.807) is 0 Å². The van der Waals surface area contributed by atoms with Crippen LogP contribution in [0.15, 0.2) is 0 Å². The Bertz CT molecular complexity index is 251. The first-order valence-electron chi connectivity index (χ1n) is 6.29. The van der Waals surface area contributed by atoms with Gasteiger partial charge in [-0.2, -0.15) is 5.26 Å². The zero-order chi connectivity index (χ0) is 10.8. The molecule has 15 heavy (non-hydrogen) atoms. The third-order valence-electron chi connectivity index (χ3n) is 3.00. The van der Waals surface area contributed by atoms with Crippen molar-refractivity contribution in [3.8, 4) is 17.9 Å². The molecule has 0 saturated heterocycles. The van der Waals surface area contributed by atoms with Crippen LogP contribution in [0.4, 0.5) is 0 Å². The van der Waals surface area contributed by atoms with Crippen LogP contribution in [0.25, 0.3) is 0 Å². The Balaban J connectivity index is 2.38. The van der Waals surface area contributed by atoms with Crippen LogP contribution in [0, 0.1) is 29.1 Å². The van der Waals surface area contributed by atoms with Gasteiger partial charge < -0.3 is 0 Å². The molecule has 1 rings (SSSR count). The van der Waals surface area contributed by atoms with Crippen molar-refractivity contribution >= 4 is 0 Å². The van der Waals surface area contributed by atoms with E-state index in [9.17, 15) is 0 Å². The Labute approximate surface area is 93.9 Å². The summed E-state index contributed by atoms with van der Waals surface area (Å²) in [5.41, 5.74) is 0. The van der Waals surface area contributed by atoms with Gasteiger partial charge in [0, 0.05) is 18.8 Å². The van der Waals surface area contributed by atoms with Crippen molar-refractivity contribution < 1.29 is 0 Å². The standard InChI is InChI=1S/C14H21N/c15-13-12-14-10-8-6-4-2-1-3-5-7-9-11-14/h14H,1-8,10,12H2. The van der Waals surface area contributed by atoms with E-state index in [0.29, 0.717) is 12.3 Å². The van der Waals surface area contributed by atoms with Crippen LogP contribution in [-0.2, 0) is 0 Å². The lowest BCUT2D eigenvalue weighted by molar-refractivity contribution is 0.524. The molecule has 1 aliphatic rings. The molecule has 0 amide bonds. The van der Waals surface area contributed by atoms with Crippen LogP contribution in [0.2, 0.25) is 0 Å². The van der Waals surface area contributed by atoms with Crippen molar-refractivity contribution in [3.63, 3.8) is 0 Å². The van der Waals surface area contributed by atoms with Gasteiger partial charge in [0.05, 0.1) is 6.07 Å². The fourth-order valence-electron chi connectivity index (χ4n) is 2.04. The molecule has 0 aromatic rings. The molecule has 1 aliphatic carbocycles. The van der Waals surface area contributed by atoms with Gasteiger partial charge in [0.2, 0.25) is 0 Å². The molecule has 0 N–H and O–H groups in total. The van der Waals surface area contributed by atoms with E-state index in [-0.39, 0.29) is 0 Å². The first-order chi connectivity index (χ1) is 7.43. The van der Waals surface area contributed by atoms with Crippen molar-refractivity contribution in [2.45, 2.75) is 64.2 Å². The average molecular weight is 203 g/mol. The highest BCUT2D eigenvalue weighted by atomic mass is 14.2. The quantitative estimate of drug-likeness (QED) is 0.590. The molecule has 0 spiro atoms. The Kier molecular flexibility index (Phi) is 6.76. The van der Waals surface area contributed by atoms with Gasteiger partial charge in [-0.1, -0.05) is 44.4 Å². The van der Waals surface area contributed by atoms with Crippen LogP contribution >= 0.6 is 0 Å². The zero-order valence-electron chi connectivity index (χ0n) is 9.60. The molecule has 0 saturated carbocycles. The van der Waals surface area contributed by atoms with Crippen molar-refractivity contribution in [1.82, 2.24) is 0 Å². The number of nitriles is 1. The predicted octanol–water partition coefficient (Wildman–Crippen LogP) is 4.04. The first-order valence-corrected chi connectivity index (χ1v) is 6.29. The molecular formula is C14H21N. The normalized spacial score (nSPS) is 23.8. The second-order valence-electron chi connectivity index (χ2n) is 4.39. The van der Waals surface area contributed by atoms with Crippen LogP contribution in [-0.4, -0.2) is 0 Å². The van der Waals surface area contributed by atoms with Crippen LogP contribution in [0.3, 0.4) is 0 Å². The summed E-state index contributed by atoms with van der Waals surface area (Å²) in [7, 11) is 0. The maximum absolute atomic E-state index is 8.69. The van der Waals surface area contributed by atoms with E-state index < -0.39 is 0 Å². The van der Waals surface area contributed by atoms with E-state index in [1.807, 2.05) is 0 Å². The molecule has 82 valence electrons. The second kappa shape index (κ2) is 8.37. The molecule has 1 heteroatoms. The molecule has 0 radical (unpaired) electrons. The second-order valence-corrected chi connectivity index (χ2v) is 4.39. The minimum atomic E-state index is 0.342. The van der Waals surface area contributed by atoms with Crippen LogP contribution in [0.1, 0.15) is 64.2 Å². The highest BCUT2D eigenvalue weighted by Crippen LogP contribution is 2.16. The van der Waals surface area contributed by atoms with Gasteiger partial charge >= 0.3 is 0 Å². The Morgan fingerprint density at radius 1 is 1.00 bits per heavy atom. The summed E-state index contributed by atoms with van der Waals surface area (Å²) < 4.78 is 0. The lowest BCUT2D eigenvalue weighted by atomic mass is 9.97.